The number of nitrogens with zero attached hydrogens (tertiary/aromatic N) is 1. The normalized spacial score (nSPS) is 12.8. The Morgan fingerprint density at radius 3 is 2.75 bits per heavy atom. The second kappa shape index (κ2) is 8.02. The van der Waals surface area contributed by atoms with E-state index in [2.05, 4.69) is 22.9 Å². The highest BCUT2D eigenvalue weighted by atomic mass is 32.1. The van der Waals surface area contributed by atoms with Crippen LogP contribution in [-0.4, -0.2) is 10.7 Å². The van der Waals surface area contributed by atoms with Gasteiger partial charge in [-0.2, -0.15) is 0 Å². The Labute approximate surface area is 169 Å². The van der Waals surface area contributed by atoms with Crippen molar-refractivity contribution in [2.75, 3.05) is 0 Å². The predicted octanol–water partition coefficient (Wildman–Crippen LogP) is 4.93. The van der Waals surface area contributed by atoms with Gasteiger partial charge in [-0.05, 0) is 57.5 Å². The molecule has 2 N–H and O–H groups in total. The average molecular weight is 394 g/mol. The van der Waals surface area contributed by atoms with E-state index >= 15 is 0 Å². The molecule has 6 heteroatoms. The number of hydrogen-bond donors (Lipinski definition) is 3. The standard InChI is InChI=1S/C22H23N3O2S/c1-12-8-17(15(4)25-19(28)10-13(2)23)22-18(9-12)20(26)14(3)21(27-22)16-6-5-7-24-11-16/h5-11,15,23,25,28H,1-4H3/b19-10-,23-13?/t15-/m1/s1. The molecule has 0 bridgehead atoms. The molecule has 0 fully saturated rings. The van der Waals surface area contributed by atoms with Crippen molar-refractivity contribution in [3.05, 3.63) is 74.7 Å². The van der Waals surface area contributed by atoms with Gasteiger partial charge in [0.05, 0.1) is 16.5 Å². The molecule has 0 aliphatic rings. The summed E-state index contributed by atoms with van der Waals surface area (Å²) in [6.07, 6.45) is 5.01. The molecule has 0 aliphatic heterocycles. The van der Waals surface area contributed by atoms with Crippen molar-refractivity contribution in [3.63, 3.8) is 0 Å². The Bertz CT molecular complexity index is 1130. The topological polar surface area (TPSA) is 79.0 Å². The predicted molar refractivity (Wildman–Crippen MR) is 117 cm³/mol. The van der Waals surface area contributed by atoms with Crippen LogP contribution in [-0.2, 0) is 0 Å². The minimum absolute atomic E-state index is 0.0470. The smallest absolute Gasteiger partial charge is 0.196 e. The minimum atomic E-state index is -0.168. The summed E-state index contributed by atoms with van der Waals surface area (Å²) in [5.41, 5.74) is 4.07. The van der Waals surface area contributed by atoms with Gasteiger partial charge >= 0.3 is 0 Å². The number of rotatable bonds is 5. The molecule has 144 valence electrons. The third kappa shape index (κ3) is 4.02. The first kappa shape index (κ1) is 19.9. The lowest BCUT2D eigenvalue weighted by molar-refractivity contribution is 0.592. The van der Waals surface area contributed by atoms with E-state index in [9.17, 15) is 4.79 Å². The van der Waals surface area contributed by atoms with Gasteiger partial charge in [0.1, 0.15) is 11.3 Å². The molecule has 0 amide bonds. The zero-order chi connectivity index (χ0) is 20.4. The van der Waals surface area contributed by atoms with Crippen LogP contribution in [0.1, 0.15) is 36.6 Å². The molecule has 0 unspecified atom stereocenters. The number of nitrogens with one attached hydrogen (secondary N) is 2. The van der Waals surface area contributed by atoms with Crippen molar-refractivity contribution < 1.29 is 4.42 Å². The van der Waals surface area contributed by atoms with Crippen molar-refractivity contribution in [1.82, 2.24) is 10.3 Å². The largest absolute Gasteiger partial charge is 0.455 e. The molecule has 0 aliphatic carbocycles. The molecule has 0 radical (unpaired) electrons. The van der Waals surface area contributed by atoms with Crippen LogP contribution >= 0.6 is 12.6 Å². The van der Waals surface area contributed by atoms with Crippen LogP contribution in [0, 0.1) is 19.3 Å². The zero-order valence-corrected chi connectivity index (χ0v) is 17.2. The van der Waals surface area contributed by atoms with Crippen LogP contribution in [0.25, 0.3) is 22.3 Å². The van der Waals surface area contributed by atoms with Crippen LogP contribution in [0.15, 0.2) is 57.0 Å². The van der Waals surface area contributed by atoms with Gasteiger partial charge in [-0.25, -0.2) is 0 Å². The Hall–Kier alpha value is -2.86. The van der Waals surface area contributed by atoms with E-state index in [-0.39, 0.29) is 11.5 Å². The number of hydrogen-bond acceptors (Lipinski definition) is 6. The minimum Gasteiger partial charge on any atom is -0.455 e. The quantitative estimate of drug-likeness (QED) is 0.424. The fourth-order valence-electron chi connectivity index (χ4n) is 3.21. The maximum atomic E-state index is 13.1. The number of allylic oxidation sites excluding steroid dienone is 1. The molecule has 2 heterocycles. The highest BCUT2D eigenvalue weighted by Gasteiger charge is 2.19. The van der Waals surface area contributed by atoms with Gasteiger partial charge in [0.25, 0.3) is 0 Å². The summed E-state index contributed by atoms with van der Waals surface area (Å²) in [5.74, 6) is 0.528. The highest BCUT2D eigenvalue weighted by molar-refractivity contribution is 7.84. The monoisotopic (exact) mass is 393 g/mol. The molecule has 1 aromatic carbocycles. The molecule has 3 aromatic rings. The summed E-state index contributed by atoms with van der Waals surface area (Å²) in [4.78, 5) is 17.2. The van der Waals surface area contributed by atoms with Gasteiger partial charge in [0.2, 0.25) is 0 Å². The molecule has 0 saturated heterocycles. The maximum Gasteiger partial charge on any atom is 0.196 e. The number of aryl methyl sites for hydroxylation is 1. The van der Waals surface area contributed by atoms with E-state index in [0.717, 1.165) is 16.7 Å². The van der Waals surface area contributed by atoms with E-state index in [4.69, 9.17) is 9.83 Å². The maximum absolute atomic E-state index is 13.1. The van der Waals surface area contributed by atoms with Crippen molar-refractivity contribution in [3.8, 4) is 11.3 Å². The summed E-state index contributed by atoms with van der Waals surface area (Å²) >= 11 is 4.40. The van der Waals surface area contributed by atoms with Crippen molar-refractivity contribution in [1.29, 1.82) is 5.41 Å². The van der Waals surface area contributed by atoms with E-state index in [1.165, 1.54) is 0 Å². The van der Waals surface area contributed by atoms with Gasteiger partial charge in [-0.3, -0.25) is 9.78 Å². The van der Waals surface area contributed by atoms with Gasteiger partial charge in [-0.15, -0.1) is 12.6 Å². The van der Waals surface area contributed by atoms with Gasteiger partial charge in [-0.1, -0.05) is 6.07 Å². The summed E-state index contributed by atoms with van der Waals surface area (Å²) < 4.78 is 6.26. The molecule has 1 atom stereocenters. The number of thiol groups is 1. The zero-order valence-electron chi connectivity index (χ0n) is 16.3. The van der Waals surface area contributed by atoms with Crippen molar-refractivity contribution >= 4 is 29.3 Å². The van der Waals surface area contributed by atoms with Crippen LogP contribution < -0.4 is 10.7 Å². The third-order valence-electron chi connectivity index (χ3n) is 4.50. The second-order valence-electron chi connectivity index (χ2n) is 6.94. The van der Waals surface area contributed by atoms with E-state index in [0.29, 0.717) is 33.0 Å². The second-order valence-corrected chi connectivity index (χ2v) is 7.42. The van der Waals surface area contributed by atoms with Crippen LogP contribution in [0.3, 0.4) is 0 Å². The first-order chi connectivity index (χ1) is 13.3. The molecule has 28 heavy (non-hydrogen) atoms. The van der Waals surface area contributed by atoms with Gasteiger partial charge < -0.3 is 15.1 Å². The van der Waals surface area contributed by atoms with E-state index in [1.807, 2.05) is 38.1 Å². The summed E-state index contributed by atoms with van der Waals surface area (Å²) in [5, 5.41) is 12.0. The Morgan fingerprint density at radius 1 is 1.36 bits per heavy atom. The molecule has 3 rings (SSSR count). The van der Waals surface area contributed by atoms with Crippen LogP contribution in [0.4, 0.5) is 0 Å². The van der Waals surface area contributed by atoms with E-state index in [1.54, 1.807) is 32.3 Å². The number of benzene rings is 1. The summed E-state index contributed by atoms with van der Waals surface area (Å²) in [6.45, 7) is 7.39. The summed E-state index contributed by atoms with van der Waals surface area (Å²) in [6, 6.07) is 7.39. The number of aromatic nitrogens is 1. The first-order valence-corrected chi connectivity index (χ1v) is 9.43. The lowest BCUT2D eigenvalue weighted by atomic mass is 9.99. The van der Waals surface area contributed by atoms with E-state index < -0.39 is 0 Å². The molecular formula is C22H23N3O2S. The number of pyridine rings is 1. The SMILES string of the molecule is CC(=N)/C=C(\S)N[C@H](C)c1cc(C)cc2c(=O)c(C)c(-c3cccnc3)oc12. The van der Waals surface area contributed by atoms with Gasteiger partial charge in [0.15, 0.2) is 5.43 Å². The van der Waals surface area contributed by atoms with Crippen LogP contribution in [0.2, 0.25) is 0 Å². The summed E-state index contributed by atoms with van der Waals surface area (Å²) in [7, 11) is 0. The Kier molecular flexibility index (Phi) is 5.70. The lowest BCUT2D eigenvalue weighted by Crippen LogP contribution is -2.18. The molecular weight excluding hydrogens is 370 g/mol. The fourth-order valence-corrected chi connectivity index (χ4v) is 3.60. The molecule has 2 aromatic heterocycles. The first-order valence-electron chi connectivity index (χ1n) is 8.98. The molecule has 0 spiro atoms. The number of fused-ring (bicyclic) bond motifs is 1. The fraction of sp³-hybridized carbons (Fsp3) is 0.227. The average Bonchev–Trinajstić information content (AvgIpc) is 2.64. The highest BCUT2D eigenvalue weighted by Crippen LogP contribution is 2.30. The lowest BCUT2D eigenvalue weighted by Gasteiger charge is -2.18. The molecule has 0 saturated carbocycles. The van der Waals surface area contributed by atoms with Crippen LogP contribution in [0.5, 0.6) is 0 Å². The molecule has 5 nitrogen and oxygen atoms in total. The Morgan fingerprint density at radius 2 is 2.11 bits per heavy atom. The van der Waals surface area contributed by atoms with Crippen molar-refractivity contribution in [2.45, 2.75) is 33.7 Å². The van der Waals surface area contributed by atoms with Gasteiger partial charge in [0, 0.05) is 34.8 Å². The third-order valence-corrected chi connectivity index (χ3v) is 4.76. The Balaban J connectivity index is 2.22. The van der Waals surface area contributed by atoms with Crippen molar-refractivity contribution in [2.24, 2.45) is 0 Å².